The SMILES string of the molecule is CC(=O)C(C)(C)C.[B]. The fraction of sp³-hybridized carbons (Fsp3) is 0.833. The van der Waals surface area contributed by atoms with Crippen LogP contribution in [0, 0.1) is 5.41 Å². The third-order valence-corrected chi connectivity index (χ3v) is 1.06. The normalized spacial score (nSPS) is 10.0. The van der Waals surface area contributed by atoms with Gasteiger partial charge >= 0.3 is 0 Å². The summed E-state index contributed by atoms with van der Waals surface area (Å²) < 4.78 is 0. The molecule has 0 rings (SSSR count). The molecule has 0 heterocycles. The van der Waals surface area contributed by atoms with E-state index in [4.69, 9.17) is 0 Å². The minimum absolute atomic E-state index is 0. The van der Waals surface area contributed by atoms with Crippen molar-refractivity contribution in [3.63, 3.8) is 0 Å². The Labute approximate surface area is 53.0 Å². The summed E-state index contributed by atoms with van der Waals surface area (Å²) in [4.78, 5) is 10.5. The van der Waals surface area contributed by atoms with Crippen molar-refractivity contribution in [1.29, 1.82) is 0 Å². The number of carbonyl (C=O) groups is 1. The van der Waals surface area contributed by atoms with E-state index in [-0.39, 0.29) is 19.6 Å². The van der Waals surface area contributed by atoms with Crippen LogP contribution >= 0.6 is 0 Å². The van der Waals surface area contributed by atoms with Crippen LogP contribution in [0.3, 0.4) is 0 Å². The second-order valence-corrected chi connectivity index (χ2v) is 2.81. The van der Waals surface area contributed by atoms with Gasteiger partial charge in [0.25, 0.3) is 0 Å². The van der Waals surface area contributed by atoms with E-state index < -0.39 is 0 Å². The molecule has 8 heavy (non-hydrogen) atoms. The number of ketones is 1. The molecular formula is C6H12BO. The Hall–Kier alpha value is -0.265. The highest BCUT2D eigenvalue weighted by atomic mass is 16.1. The van der Waals surface area contributed by atoms with Crippen LogP contribution in [-0.4, -0.2) is 14.2 Å². The van der Waals surface area contributed by atoms with Gasteiger partial charge in [-0.25, -0.2) is 0 Å². The van der Waals surface area contributed by atoms with Gasteiger partial charge in [-0.1, -0.05) is 20.8 Å². The fourth-order valence-corrected chi connectivity index (χ4v) is 0. The van der Waals surface area contributed by atoms with Crippen LogP contribution in [0.2, 0.25) is 0 Å². The number of carbonyl (C=O) groups excluding carboxylic acids is 1. The maximum atomic E-state index is 10.5. The molecule has 0 unspecified atom stereocenters. The molecule has 0 fully saturated rings. The third kappa shape index (κ3) is 3.91. The summed E-state index contributed by atoms with van der Waals surface area (Å²) >= 11 is 0. The number of rotatable bonds is 0. The van der Waals surface area contributed by atoms with Gasteiger partial charge in [0.15, 0.2) is 0 Å². The standard InChI is InChI=1S/C6H12O.B/c1-5(7)6(2,3)4;/h1-4H3;. The lowest BCUT2D eigenvalue weighted by Gasteiger charge is -2.11. The van der Waals surface area contributed by atoms with Crippen molar-refractivity contribution in [2.75, 3.05) is 0 Å². The molecule has 2 heteroatoms. The number of Topliss-reactive ketones (excluding diaryl/α,β-unsaturated/α-hetero) is 1. The van der Waals surface area contributed by atoms with Crippen molar-refractivity contribution in [1.82, 2.24) is 0 Å². The Balaban J connectivity index is 0. The van der Waals surface area contributed by atoms with Gasteiger partial charge in [-0.3, -0.25) is 4.79 Å². The quantitative estimate of drug-likeness (QED) is 0.430. The zero-order valence-electron chi connectivity index (χ0n) is 5.99. The zero-order chi connectivity index (χ0) is 6.08. The van der Waals surface area contributed by atoms with Crippen molar-refractivity contribution in [2.45, 2.75) is 27.7 Å². The molecule has 0 aliphatic heterocycles. The van der Waals surface area contributed by atoms with Gasteiger partial charge < -0.3 is 0 Å². The monoisotopic (exact) mass is 111 g/mol. The van der Waals surface area contributed by atoms with E-state index >= 15 is 0 Å². The van der Waals surface area contributed by atoms with E-state index in [1.54, 1.807) is 6.92 Å². The lowest BCUT2D eigenvalue weighted by atomic mass is 9.92. The van der Waals surface area contributed by atoms with Gasteiger partial charge in [0.2, 0.25) is 0 Å². The van der Waals surface area contributed by atoms with E-state index in [1.165, 1.54) is 0 Å². The van der Waals surface area contributed by atoms with Crippen LogP contribution in [0.4, 0.5) is 0 Å². The van der Waals surface area contributed by atoms with Crippen LogP contribution < -0.4 is 0 Å². The maximum absolute atomic E-state index is 10.5. The smallest absolute Gasteiger partial charge is 0.135 e. The second kappa shape index (κ2) is 2.90. The highest BCUT2D eigenvalue weighted by molar-refractivity contribution is 5.80. The van der Waals surface area contributed by atoms with Gasteiger partial charge in [0.1, 0.15) is 5.78 Å². The first-order valence-electron chi connectivity index (χ1n) is 2.45. The molecule has 0 aliphatic rings. The van der Waals surface area contributed by atoms with Crippen LogP contribution in [0.15, 0.2) is 0 Å². The van der Waals surface area contributed by atoms with Crippen LogP contribution in [0.1, 0.15) is 27.7 Å². The predicted octanol–water partition coefficient (Wildman–Crippen LogP) is 1.24. The average Bonchev–Trinajstić information content (AvgIpc) is 1.31. The molecule has 0 atom stereocenters. The molecule has 0 saturated heterocycles. The van der Waals surface area contributed by atoms with Gasteiger partial charge in [-0.05, 0) is 6.92 Å². The van der Waals surface area contributed by atoms with E-state index in [9.17, 15) is 4.79 Å². The first kappa shape index (κ1) is 10.7. The summed E-state index contributed by atoms with van der Waals surface area (Å²) in [5.41, 5.74) is -0.139. The fourth-order valence-electron chi connectivity index (χ4n) is 0. The minimum Gasteiger partial charge on any atom is -0.299 e. The largest absolute Gasteiger partial charge is 0.299 e. The lowest BCUT2D eigenvalue weighted by Crippen LogP contribution is -2.15. The summed E-state index contributed by atoms with van der Waals surface area (Å²) in [5.74, 6) is 0.243. The van der Waals surface area contributed by atoms with E-state index in [0.717, 1.165) is 0 Å². The zero-order valence-corrected chi connectivity index (χ0v) is 5.99. The molecule has 45 valence electrons. The maximum Gasteiger partial charge on any atom is 0.135 e. The summed E-state index contributed by atoms with van der Waals surface area (Å²) in [6.07, 6.45) is 0. The van der Waals surface area contributed by atoms with Crippen molar-refractivity contribution >= 4 is 14.2 Å². The Morgan fingerprint density at radius 1 is 1.25 bits per heavy atom. The van der Waals surface area contributed by atoms with Crippen molar-refractivity contribution in [2.24, 2.45) is 5.41 Å². The molecule has 0 bridgehead atoms. The summed E-state index contributed by atoms with van der Waals surface area (Å²) in [7, 11) is 0. The molecular weight excluding hydrogens is 98.9 g/mol. The van der Waals surface area contributed by atoms with Gasteiger partial charge in [-0.15, -0.1) is 0 Å². The van der Waals surface area contributed by atoms with Crippen molar-refractivity contribution in [3.8, 4) is 0 Å². The lowest BCUT2D eigenvalue weighted by molar-refractivity contribution is -0.124. The molecule has 0 aromatic heterocycles. The average molecular weight is 111 g/mol. The molecule has 0 aromatic rings. The van der Waals surface area contributed by atoms with Crippen LogP contribution in [0.5, 0.6) is 0 Å². The Morgan fingerprint density at radius 3 is 1.38 bits per heavy atom. The van der Waals surface area contributed by atoms with Crippen molar-refractivity contribution < 1.29 is 4.79 Å². The van der Waals surface area contributed by atoms with Crippen LogP contribution in [0.25, 0.3) is 0 Å². The topological polar surface area (TPSA) is 17.1 Å². The van der Waals surface area contributed by atoms with Gasteiger partial charge in [0.05, 0.1) is 0 Å². The highest BCUT2D eigenvalue weighted by Gasteiger charge is 2.14. The van der Waals surface area contributed by atoms with E-state index in [1.807, 2.05) is 20.8 Å². The van der Waals surface area contributed by atoms with Crippen molar-refractivity contribution in [3.05, 3.63) is 0 Å². The molecule has 0 aromatic carbocycles. The van der Waals surface area contributed by atoms with Gasteiger partial charge in [0, 0.05) is 13.8 Å². The first-order valence-corrected chi connectivity index (χ1v) is 2.45. The highest BCUT2D eigenvalue weighted by Crippen LogP contribution is 2.12. The first-order chi connectivity index (χ1) is 2.94. The molecule has 0 aliphatic carbocycles. The van der Waals surface area contributed by atoms with E-state index in [2.05, 4.69) is 0 Å². The summed E-state index contributed by atoms with van der Waals surface area (Å²) in [6.45, 7) is 7.35. The number of hydrogen-bond donors (Lipinski definition) is 0. The van der Waals surface area contributed by atoms with Crippen LogP contribution in [-0.2, 0) is 4.79 Å². The number of hydrogen-bond acceptors (Lipinski definition) is 1. The third-order valence-electron chi connectivity index (χ3n) is 1.06. The molecule has 0 spiro atoms. The summed E-state index contributed by atoms with van der Waals surface area (Å²) in [6, 6.07) is 0. The molecule has 0 saturated carbocycles. The molecule has 1 nitrogen and oxygen atoms in total. The van der Waals surface area contributed by atoms with E-state index in [0.29, 0.717) is 0 Å². The Kier molecular flexibility index (Phi) is 3.87. The van der Waals surface area contributed by atoms with Gasteiger partial charge in [-0.2, -0.15) is 0 Å². The Bertz CT molecular complexity index is 81.0. The minimum atomic E-state index is -0.139. The molecule has 0 amide bonds. The predicted molar refractivity (Wildman–Crippen MR) is 35.9 cm³/mol. The Morgan fingerprint density at radius 2 is 1.38 bits per heavy atom. The summed E-state index contributed by atoms with van der Waals surface area (Å²) in [5, 5.41) is 0. The molecule has 0 N–H and O–H groups in total. The molecule has 3 radical (unpaired) electrons. The second-order valence-electron chi connectivity index (χ2n) is 2.81.